The first-order valence-electron chi connectivity index (χ1n) is 24.6. The average molecular weight is 1030 g/mol. The maximum Gasteiger partial charge on any atom is 0.330 e. The van der Waals surface area contributed by atoms with Gasteiger partial charge in [-0.3, -0.25) is 43.5 Å². The van der Waals surface area contributed by atoms with Gasteiger partial charge in [0.1, 0.15) is 36.1 Å². The first kappa shape index (κ1) is 51.9. The van der Waals surface area contributed by atoms with Crippen LogP contribution < -0.4 is 35.6 Å². The molecule has 2 unspecified atom stereocenters. The largest absolute Gasteiger partial charge is 0.496 e. The Bertz CT molecular complexity index is 3630. The Hall–Kier alpha value is -8.98. The van der Waals surface area contributed by atoms with E-state index in [0.29, 0.717) is 90.7 Å². The van der Waals surface area contributed by atoms with Crippen LogP contribution in [0, 0.1) is 27.7 Å². The second kappa shape index (κ2) is 22.2. The minimum Gasteiger partial charge on any atom is -0.496 e. The highest BCUT2D eigenvalue weighted by Crippen LogP contribution is 2.44. The van der Waals surface area contributed by atoms with E-state index < -0.39 is 23.5 Å². The topological polar surface area (TPSA) is 240 Å². The van der Waals surface area contributed by atoms with Crippen molar-refractivity contribution in [2.45, 2.75) is 60.2 Å². The van der Waals surface area contributed by atoms with Crippen LogP contribution in [0.25, 0.3) is 55.1 Å². The number of aromatic nitrogens is 8. The van der Waals surface area contributed by atoms with Crippen molar-refractivity contribution in [3.8, 4) is 33.8 Å². The summed E-state index contributed by atoms with van der Waals surface area (Å²) in [5.74, 6) is 1.46. The lowest BCUT2D eigenvalue weighted by molar-refractivity contribution is -0.122. The van der Waals surface area contributed by atoms with E-state index in [9.17, 15) is 19.2 Å². The van der Waals surface area contributed by atoms with Crippen molar-refractivity contribution in [2.24, 2.45) is 0 Å². The van der Waals surface area contributed by atoms with Gasteiger partial charge in [-0.05, 0) is 90.1 Å². The molecule has 2 aromatic carbocycles. The van der Waals surface area contributed by atoms with Crippen LogP contribution in [-0.2, 0) is 25.7 Å². The molecule has 9 aromatic rings. The third-order valence-corrected chi connectivity index (χ3v) is 13.6. The number of amides is 3. The van der Waals surface area contributed by atoms with Crippen molar-refractivity contribution in [3.63, 3.8) is 0 Å². The number of carbonyl (C=O) groups is 3. The summed E-state index contributed by atoms with van der Waals surface area (Å²) in [6, 6.07) is 17.9. The van der Waals surface area contributed by atoms with Crippen molar-refractivity contribution < 1.29 is 37.6 Å². The number of aryl methyl sites for hydroxylation is 4. The Morgan fingerprint density at radius 1 is 0.750 bits per heavy atom. The number of nitrogens with zero attached hydrogens (tertiary/aromatic N) is 10. The van der Waals surface area contributed by atoms with Crippen LogP contribution in [0.15, 0.2) is 99.3 Å². The van der Waals surface area contributed by atoms with Gasteiger partial charge < -0.3 is 43.7 Å². The normalized spacial score (nSPS) is 12.2. The van der Waals surface area contributed by atoms with Crippen LogP contribution in [0.3, 0.4) is 0 Å². The van der Waals surface area contributed by atoms with Crippen molar-refractivity contribution in [3.05, 3.63) is 130 Å². The summed E-state index contributed by atoms with van der Waals surface area (Å²) >= 11 is 0. The Morgan fingerprint density at radius 2 is 1.32 bits per heavy atom. The molecular formula is C55H58N12O9. The molecule has 0 fully saturated rings. The van der Waals surface area contributed by atoms with E-state index in [-0.39, 0.29) is 45.4 Å². The zero-order chi connectivity index (χ0) is 53.8. The van der Waals surface area contributed by atoms with E-state index in [4.69, 9.17) is 33.2 Å². The van der Waals surface area contributed by atoms with Gasteiger partial charge in [-0.2, -0.15) is 0 Å². The van der Waals surface area contributed by atoms with Crippen molar-refractivity contribution in [1.29, 1.82) is 0 Å². The molecule has 0 aliphatic heterocycles. The molecule has 9 rings (SSSR count). The maximum absolute atomic E-state index is 14.5. The number of imidazole rings is 1. The third kappa shape index (κ3) is 10.0. The second-order valence-corrected chi connectivity index (χ2v) is 18.3. The number of fused-ring (bicyclic) bond motifs is 4. The fourth-order valence-electron chi connectivity index (χ4n) is 9.71. The summed E-state index contributed by atoms with van der Waals surface area (Å²) < 4.78 is 31.5. The molecule has 21 heteroatoms. The van der Waals surface area contributed by atoms with Crippen LogP contribution >= 0.6 is 0 Å². The zero-order valence-electron chi connectivity index (χ0n) is 43.7. The predicted octanol–water partition coefficient (Wildman–Crippen LogP) is 6.97. The molecule has 0 aliphatic rings. The number of benzene rings is 2. The summed E-state index contributed by atoms with van der Waals surface area (Å²) in [4.78, 5) is 76.3. The monoisotopic (exact) mass is 1030 g/mol. The summed E-state index contributed by atoms with van der Waals surface area (Å²) in [5.41, 5.74) is 8.73. The fourth-order valence-corrected chi connectivity index (χ4v) is 9.71. The van der Waals surface area contributed by atoms with Crippen LogP contribution in [0.4, 0.5) is 11.4 Å². The highest BCUT2D eigenvalue weighted by Gasteiger charge is 2.28. The van der Waals surface area contributed by atoms with E-state index in [1.165, 1.54) is 9.47 Å². The SMILES string of the molecule is COc1cc2c(N(C)C(C)c3ccccn3)c(N(C=O)CC(=O)NCCOCCNC(=O)Cn3c(=O)n(C(C)c4ccccn4)c4c5cc(OC)c(-c6c(C)noc6C)cc5ncc43)cnc2cc1-c1c(C)noc1C. The number of hydrogen-bond donors (Lipinski definition) is 2. The van der Waals surface area contributed by atoms with Gasteiger partial charge in [-0.25, -0.2) is 4.79 Å². The minimum absolute atomic E-state index is 0.113. The van der Waals surface area contributed by atoms with E-state index in [1.807, 2.05) is 108 Å². The quantitative estimate of drug-likeness (QED) is 0.0546. The molecule has 0 radical (unpaired) electrons. The zero-order valence-corrected chi connectivity index (χ0v) is 43.7. The van der Waals surface area contributed by atoms with Crippen LogP contribution in [0.5, 0.6) is 11.5 Å². The Labute approximate surface area is 436 Å². The molecule has 3 amide bonds. The molecule has 2 N–H and O–H groups in total. The van der Waals surface area contributed by atoms with Gasteiger partial charge in [0.05, 0.1) is 119 Å². The molecular weight excluding hydrogens is 973 g/mol. The lowest BCUT2D eigenvalue weighted by atomic mass is 9.99. The van der Waals surface area contributed by atoms with E-state index in [2.05, 4.69) is 30.9 Å². The van der Waals surface area contributed by atoms with Gasteiger partial charge >= 0.3 is 5.69 Å². The summed E-state index contributed by atoms with van der Waals surface area (Å²) in [6.07, 6.45) is 7.16. The summed E-state index contributed by atoms with van der Waals surface area (Å²) in [7, 11) is 5.05. The van der Waals surface area contributed by atoms with E-state index in [1.54, 1.807) is 49.6 Å². The minimum atomic E-state index is -0.518. The Balaban J connectivity index is 0.862. The molecule has 7 heterocycles. The maximum atomic E-state index is 14.5. The van der Waals surface area contributed by atoms with E-state index in [0.717, 1.165) is 27.9 Å². The number of hydrogen-bond acceptors (Lipinski definition) is 16. The van der Waals surface area contributed by atoms with Crippen molar-refractivity contribution in [2.75, 3.05) is 63.9 Å². The number of nitrogens with one attached hydrogen (secondary N) is 2. The highest BCUT2D eigenvalue weighted by molar-refractivity contribution is 6.06. The molecule has 76 heavy (non-hydrogen) atoms. The van der Waals surface area contributed by atoms with Crippen LogP contribution in [0.2, 0.25) is 0 Å². The lowest BCUT2D eigenvalue weighted by Crippen LogP contribution is -2.39. The van der Waals surface area contributed by atoms with Gasteiger partial charge in [0.25, 0.3) is 0 Å². The number of pyridine rings is 4. The molecule has 21 nitrogen and oxygen atoms in total. The molecule has 0 saturated carbocycles. The van der Waals surface area contributed by atoms with Gasteiger partial charge in [0.2, 0.25) is 18.2 Å². The van der Waals surface area contributed by atoms with Gasteiger partial charge in [-0.15, -0.1) is 0 Å². The molecule has 7 aromatic heterocycles. The van der Waals surface area contributed by atoms with Gasteiger partial charge in [-0.1, -0.05) is 22.4 Å². The lowest BCUT2D eigenvalue weighted by Gasteiger charge is -2.32. The second-order valence-electron chi connectivity index (χ2n) is 18.3. The first-order valence-corrected chi connectivity index (χ1v) is 24.6. The smallest absolute Gasteiger partial charge is 0.330 e. The Kier molecular flexibility index (Phi) is 15.2. The standard InChI is InChI=1S/C55H58N12O9/c1-31-51(35(5)75-62-31)39-22-43-37(24-47(39)72-8)53(64(7)33(3)41-14-10-12-16-56-41)45(26-60-43)65(30-68)28-49(69)58-18-20-74-21-19-59-50(70)29-66-46-27-61-44-23-40(52-32(2)63-76-36(52)6)48(73-9)25-38(44)54(46)67(55(66)71)34(4)42-15-11-13-17-57-42/h10-17,22-27,30,33-34H,18-21,28-29H2,1-9H3,(H,58,69)(H,59,70). The molecule has 0 spiro atoms. The number of methoxy groups -OCH3 is 2. The highest BCUT2D eigenvalue weighted by atomic mass is 16.5. The molecule has 0 saturated heterocycles. The average Bonchev–Trinajstić information content (AvgIpc) is 4.06. The number of ether oxygens (including phenoxy) is 3. The van der Waals surface area contributed by atoms with Crippen LogP contribution in [0.1, 0.15) is 60.2 Å². The summed E-state index contributed by atoms with van der Waals surface area (Å²) in [5, 5.41) is 15.2. The molecule has 392 valence electrons. The molecule has 0 aliphatic carbocycles. The first-order chi connectivity index (χ1) is 36.7. The predicted molar refractivity (Wildman–Crippen MR) is 286 cm³/mol. The van der Waals surface area contributed by atoms with Gasteiger partial charge in [0.15, 0.2) is 0 Å². The van der Waals surface area contributed by atoms with Crippen molar-refractivity contribution >= 4 is 62.4 Å². The van der Waals surface area contributed by atoms with Crippen LogP contribution in [-0.4, -0.2) is 112 Å². The molecule has 2 atom stereocenters. The third-order valence-electron chi connectivity index (χ3n) is 13.6. The summed E-state index contributed by atoms with van der Waals surface area (Å²) in [6.45, 7) is 11.1. The fraction of sp³-hybridized carbons (Fsp3) is 0.309. The Morgan fingerprint density at radius 3 is 1.87 bits per heavy atom. The number of anilines is 2. The number of rotatable bonds is 21. The van der Waals surface area contributed by atoms with Gasteiger partial charge in [0, 0.05) is 54.4 Å². The number of carbonyl (C=O) groups excluding carboxylic acids is 3. The van der Waals surface area contributed by atoms with Crippen molar-refractivity contribution in [1.82, 2.24) is 50.0 Å². The molecule has 0 bridgehead atoms. The van der Waals surface area contributed by atoms with E-state index >= 15 is 0 Å².